The molecule has 0 bridgehead atoms. The highest BCUT2D eigenvalue weighted by molar-refractivity contribution is 5.72. The molecule has 0 radical (unpaired) electrons. The Morgan fingerprint density at radius 2 is 1.62 bits per heavy atom. The maximum atomic E-state index is 10.6. The number of carboxylic acid groups (broad SMARTS) is 1. The predicted molar refractivity (Wildman–Crippen MR) is 95.3 cm³/mol. The lowest BCUT2D eigenvalue weighted by molar-refractivity contribution is -0.138. The number of hydrogen-bond acceptors (Lipinski definition) is 3. The first-order valence-corrected chi connectivity index (χ1v) is 8.39. The van der Waals surface area contributed by atoms with Crippen LogP contribution in [0.5, 0.6) is 5.75 Å². The number of nitrogens with two attached hydrogens (primary N) is 1. The number of benzene rings is 2. The van der Waals surface area contributed by atoms with Crippen LogP contribution in [0.3, 0.4) is 0 Å². The molecule has 0 saturated heterocycles. The molecule has 0 aliphatic carbocycles. The van der Waals surface area contributed by atoms with E-state index in [1.807, 2.05) is 18.2 Å². The minimum absolute atomic E-state index is 0.517. The molecule has 4 nitrogen and oxygen atoms in total. The number of ether oxygens (including phenoxy) is 1. The molecule has 0 unspecified atom stereocenters. The van der Waals surface area contributed by atoms with Gasteiger partial charge in [-0.1, -0.05) is 48.9 Å². The number of carboxylic acids is 1. The summed E-state index contributed by atoms with van der Waals surface area (Å²) >= 11 is 0. The number of aliphatic carboxylic acids is 1. The summed E-state index contributed by atoms with van der Waals surface area (Å²) in [6.07, 6.45) is 4.08. The van der Waals surface area contributed by atoms with Gasteiger partial charge in [0.2, 0.25) is 0 Å². The second kappa shape index (κ2) is 9.73. The molecule has 0 amide bonds. The van der Waals surface area contributed by atoms with Gasteiger partial charge in [-0.15, -0.1) is 0 Å². The standard InChI is InChI=1S/C20H25NO3/c21-19(20(22)23)9-5-2-6-14-24-18-12-10-17(11-13-18)15-16-7-3-1-4-8-16/h1,3-4,7-8,10-13,19H,2,5-6,9,14-15,21H2,(H,22,23)/t19-/m0/s1. The van der Waals surface area contributed by atoms with Crippen molar-refractivity contribution in [3.63, 3.8) is 0 Å². The Labute approximate surface area is 143 Å². The molecule has 2 aromatic rings. The van der Waals surface area contributed by atoms with E-state index in [0.717, 1.165) is 31.4 Å². The first-order chi connectivity index (χ1) is 11.6. The molecule has 128 valence electrons. The monoisotopic (exact) mass is 327 g/mol. The van der Waals surface area contributed by atoms with E-state index < -0.39 is 12.0 Å². The van der Waals surface area contributed by atoms with Crippen LogP contribution in [0.15, 0.2) is 54.6 Å². The molecule has 0 aliphatic rings. The molecule has 2 aromatic carbocycles. The van der Waals surface area contributed by atoms with Crippen molar-refractivity contribution < 1.29 is 14.6 Å². The molecule has 2 rings (SSSR count). The normalized spacial score (nSPS) is 11.9. The van der Waals surface area contributed by atoms with E-state index in [1.54, 1.807) is 0 Å². The molecular weight excluding hydrogens is 302 g/mol. The summed E-state index contributed by atoms with van der Waals surface area (Å²) in [5, 5.41) is 8.70. The fraction of sp³-hybridized carbons (Fsp3) is 0.350. The van der Waals surface area contributed by atoms with Crippen LogP contribution in [0.2, 0.25) is 0 Å². The predicted octanol–water partition coefficient (Wildman–Crippen LogP) is 3.63. The molecule has 0 saturated carbocycles. The van der Waals surface area contributed by atoms with Gasteiger partial charge in [0.15, 0.2) is 0 Å². The zero-order valence-corrected chi connectivity index (χ0v) is 13.9. The Bertz CT molecular complexity index is 611. The van der Waals surface area contributed by atoms with E-state index >= 15 is 0 Å². The Kier molecular flexibility index (Phi) is 7.30. The molecule has 0 fully saturated rings. The minimum atomic E-state index is -0.929. The quantitative estimate of drug-likeness (QED) is 0.654. The fourth-order valence-corrected chi connectivity index (χ4v) is 2.49. The summed E-state index contributed by atoms with van der Waals surface area (Å²) in [6.45, 7) is 0.639. The topological polar surface area (TPSA) is 72.5 Å². The van der Waals surface area contributed by atoms with Crippen molar-refractivity contribution >= 4 is 5.97 Å². The van der Waals surface area contributed by atoms with Crippen LogP contribution in [0.1, 0.15) is 36.8 Å². The van der Waals surface area contributed by atoms with Crippen molar-refractivity contribution in [2.45, 2.75) is 38.1 Å². The van der Waals surface area contributed by atoms with Crippen molar-refractivity contribution in [2.24, 2.45) is 5.73 Å². The molecular formula is C20H25NO3. The third-order valence-electron chi connectivity index (χ3n) is 3.92. The Balaban J connectivity index is 1.64. The van der Waals surface area contributed by atoms with Gasteiger partial charge in [0.05, 0.1) is 6.61 Å². The van der Waals surface area contributed by atoms with Crippen molar-refractivity contribution in [1.29, 1.82) is 0 Å². The molecule has 0 spiro atoms. The first kappa shape index (κ1) is 18.0. The van der Waals surface area contributed by atoms with E-state index in [4.69, 9.17) is 15.6 Å². The second-order valence-corrected chi connectivity index (χ2v) is 5.95. The van der Waals surface area contributed by atoms with Gasteiger partial charge < -0.3 is 15.6 Å². The smallest absolute Gasteiger partial charge is 0.320 e. The van der Waals surface area contributed by atoms with Crippen LogP contribution < -0.4 is 10.5 Å². The third kappa shape index (κ3) is 6.42. The summed E-state index contributed by atoms with van der Waals surface area (Å²) in [5.74, 6) is -0.0594. The van der Waals surface area contributed by atoms with E-state index in [9.17, 15) is 4.79 Å². The summed E-state index contributed by atoms with van der Waals surface area (Å²) in [4.78, 5) is 10.6. The Hall–Kier alpha value is -2.33. The number of rotatable bonds is 10. The lowest BCUT2D eigenvalue weighted by atomic mass is 10.1. The van der Waals surface area contributed by atoms with Gasteiger partial charge in [-0.3, -0.25) is 4.79 Å². The van der Waals surface area contributed by atoms with Gasteiger partial charge in [-0.2, -0.15) is 0 Å². The van der Waals surface area contributed by atoms with Gasteiger partial charge in [-0.05, 0) is 48.9 Å². The average Bonchev–Trinajstić information content (AvgIpc) is 2.60. The average molecular weight is 327 g/mol. The van der Waals surface area contributed by atoms with Gasteiger partial charge in [0.1, 0.15) is 11.8 Å². The summed E-state index contributed by atoms with van der Waals surface area (Å²) in [7, 11) is 0. The lowest BCUT2D eigenvalue weighted by Crippen LogP contribution is -2.29. The van der Waals surface area contributed by atoms with E-state index in [2.05, 4.69) is 36.4 Å². The van der Waals surface area contributed by atoms with E-state index in [0.29, 0.717) is 13.0 Å². The van der Waals surface area contributed by atoms with Crippen LogP contribution in [0, 0.1) is 0 Å². The van der Waals surface area contributed by atoms with Gasteiger partial charge in [0, 0.05) is 0 Å². The Morgan fingerprint density at radius 3 is 2.29 bits per heavy atom. The largest absolute Gasteiger partial charge is 0.494 e. The molecule has 1 atom stereocenters. The van der Waals surface area contributed by atoms with Gasteiger partial charge in [-0.25, -0.2) is 0 Å². The number of carbonyl (C=O) groups is 1. The highest BCUT2D eigenvalue weighted by Gasteiger charge is 2.09. The summed E-state index contributed by atoms with van der Waals surface area (Å²) in [6, 6.07) is 17.8. The second-order valence-electron chi connectivity index (χ2n) is 5.95. The SMILES string of the molecule is N[C@@H](CCCCCOc1ccc(Cc2ccccc2)cc1)C(=O)O. The molecule has 3 N–H and O–H groups in total. The molecule has 24 heavy (non-hydrogen) atoms. The minimum Gasteiger partial charge on any atom is -0.494 e. The number of unbranched alkanes of at least 4 members (excludes halogenated alkanes) is 2. The van der Waals surface area contributed by atoms with Crippen LogP contribution in [0.4, 0.5) is 0 Å². The van der Waals surface area contributed by atoms with Crippen molar-refractivity contribution in [1.82, 2.24) is 0 Å². The first-order valence-electron chi connectivity index (χ1n) is 8.39. The van der Waals surface area contributed by atoms with Crippen LogP contribution >= 0.6 is 0 Å². The molecule has 0 aliphatic heterocycles. The van der Waals surface area contributed by atoms with Crippen molar-refractivity contribution in [2.75, 3.05) is 6.61 Å². The highest BCUT2D eigenvalue weighted by Crippen LogP contribution is 2.16. The third-order valence-corrected chi connectivity index (χ3v) is 3.92. The van der Waals surface area contributed by atoms with Gasteiger partial charge >= 0.3 is 5.97 Å². The maximum absolute atomic E-state index is 10.6. The van der Waals surface area contributed by atoms with Gasteiger partial charge in [0.25, 0.3) is 0 Å². The van der Waals surface area contributed by atoms with E-state index in [-0.39, 0.29) is 0 Å². The maximum Gasteiger partial charge on any atom is 0.320 e. The number of hydrogen-bond donors (Lipinski definition) is 2. The van der Waals surface area contributed by atoms with Crippen LogP contribution in [-0.4, -0.2) is 23.7 Å². The van der Waals surface area contributed by atoms with Crippen LogP contribution in [-0.2, 0) is 11.2 Å². The summed E-state index contributed by atoms with van der Waals surface area (Å²) < 4.78 is 5.72. The van der Waals surface area contributed by atoms with Crippen molar-refractivity contribution in [3.05, 3.63) is 65.7 Å². The highest BCUT2D eigenvalue weighted by atomic mass is 16.5. The fourth-order valence-electron chi connectivity index (χ4n) is 2.49. The Morgan fingerprint density at radius 1 is 0.958 bits per heavy atom. The summed E-state index contributed by atoms with van der Waals surface area (Å²) in [5.41, 5.74) is 8.02. The molecule has 4 heteroatoms. The lowest BCUT2D eigenvalue weighted by Gasteiger charge is -2.08. The molecule has 0 heterocycles. The van der Waals surface area contributed by atoms with Crippen LogP contribution in [0.25, 0.3) is 0 Å². The van der Waals surface area contributed by atoms with Crippen molar-refractivity contribution in [3.8, 4) is 5.75 Å². The zero-order valence-electron chi connectivity index (χ0n) is 13.9. The van der Waals surface area contributed by atoms with E-state index in [1.165, 1.54) is 11.1 Å². The molecule has 0 aromatic heterocycles. The zero-order chi connectivity index (χ0) is 17.2.